The fourth-order valence-electron chi connectivity index (χ4n) is 2.51. The Kier molecular flexibility index (Phi) is 15.4. The Hall–Kier alpha value is -0.0800. The van der Waals surface area contributed by atoms with Crippen molar-refractivity contribution in [2.45, 2.75) is 58.4 Å². The second kappa shape index (κ2) is 15.4. The zero-order valence-electron chi connectivity index (χ0n) is 15.3. The van der Waals surface area contributed by atoms with Gasteiger partial charge in [0.15, 0.2) is 5.96 Å². The van der Waals surface area contributed by atoms with Crippen LogP contribution in [0.5, 0.6) is 0 Å². The molecule has 0 heterocycles. The Labute approximate surface area is 160 Å². The predicted octanol–water partition coefficient (Wildman–Crippen LogP) is 2.85. The molecule has 0 aromatic carbocycles. The molecule has 0 aromatic rings. The minimum atomic E-state index is 0. The van der Waals surface area contributed by atoms with Crippen LogP contribution in [0.3, 0.4) is 0 Å². The molecule has 0 aliphatic heterocycles. The number of rotatable bonds is 13. The summed E-state index contributed by atoms with van der Waals surface area (Å²) in [6.07, 6.45) is 7.75. The van der Waals surface area contributed by atoms with Gasteiger partial charge in [-0.2, -0.15) is 0 Å². The summed E-state index contributed by atoms with van der Waals surface area (Å²) in [4.78, 5) is 7.19. The lowest BCUT2D eigenvalue weighted by Crippen LogP contribution is -2.42. The van der Waals surface area contributed by atoms with Crippen LogP contribution in [0.15, 0.2) is 4.99 Å². The maximum atomic E-state index is 5.20. The number of nitrogens with zero attached hydrogens (tertiary/aromatic N) is 2. The van der Waals surface area contributed by atoms with Gasteiger partial charge < -0.3 is 15.4 Å². The monoisotopic (exact) mass is 440 g/mol. The van der Waals surface area contributed by atoms with E-state index >= 15 is 0 Å². The summed E-state index contributed by atoms with van der Waals surface area (Å²) in [6, 6.07) is 0.783. The largest absolute Gasteiger partial charge is 0.383 e. The Morgan fingerprint density at radius 2 is 1.91 bits per heavy atom. The van der Waals surface area contributed by atoms with Crippen LogP contribution < -0.4 is 10.6 Å². The van der Waals surface area contributed by atoms with Crippen molar-refractivity contribution in [3.05, 3.63) is 0 Å². The smallest absolute Gasteiger partial charge is 0.191 e. The zero-order valence-corrected chi connectivity index (χ0v) is 17.6. The molecule has 0 atom stereocenters. The van der Waals surface area contributed by atoms with Crippen molar-refractivity contribution in [2.75, 3.05) is 46.4 Å². The highest BCUT2D eigenvalue weighted by molar-refractivity contribution is 14.0. The number of aliphatic imine (C=N–C) groups is 1. The highest BCUT2D eigenvalue weighted by atomic mass is 127. The normalized spacial score (nSPS) is 14.7. The Morgan fingerprint density at radius 1 is 1.13 bits per heavy atom. The molecule has 1 fully saturated rings. The van der Waals surface area contributed by atoms with E-state index in [4.69, 9.17) is 4.74 Å². The van der Waals surface area contributed by atoms with Crippen LogP contribution in [0.1, 0.15) is 52.4 Å². The first-order valence-corrected chi connectivity index (χ1v) is 9.07. The Morgan fingerprint density at radius 3 is 2.52 bits per heavy atom. The van der Waals surface area contributed by atoms with E-state index < -0.39 is 0 Å². The highest BCUT2D eigenvalue weighted by Crippen LogP contribution is 2.25. The maximum absolute atomic E-state index is 5.20. The summed E-state index contributed by atoms with van der Waals surface area (Å²) >= 11 is 0. The van der Waals surface area contributed by atoms with E-state index in [1.165, 1.54) is 38.5 Å². The number of hydrogen-bond acceptors (Lipinski definition) is 3. The molecule has 1 rings (SSSR count). The molecule has 2 N–H and O–H groups in total. The molecule has 5 nitrogen and oxygen atoms in total. The number of ether oxygens (including phenoxy) is 1. The van der Waals surface area contributed by atoms with Crippen LogP contribution in [0.4, 0.5) is 0 Å². The molecule has 0 aromatic heterocycles. The van der Waals surface area contributed by atoms with Gasteiger partial charge >= 0.3 is 0 Å². The minimum absolute atomic E-state index is 0. The summed E-state index contributed by atoms with van der Waals surface area (Å²) < 4.78 is 5.20. The molecular weight excluding hydrogens is 403 g/mol. The van der Waals surface area contributed by atoms with E-state index in [1.807, 2.05) is 0 Å². The lowest BCUT2D eigenvalue weighted by Gasteiger charge is -2.22. The van der Waals surface area contributed by atoms with Gasteiger partial charge in [-0.1, -0.05) is 26.2 Å². The van der Waals surface area contributed by atoms with Gasteiger partial charge in [0.25, 0.3) is 0 Å². The number of nitrogens with one attached hydrogen (secondary N) is 2. The molecule has 0 spiro atoms. The predicted molar refractivity (Wildman–Crippen MR) is 110 cm³/mol. The number of guanidine groups is 1. The van der Waals surface area contributed by atoms with Crippen molar-refractivity contribution >= 4 is 29.9 Å². The molecule has 6 heteroatoms. The molecule has 0 amide bonds. The summed E-state index contributed by atoms with van der Waals surface area (Å²) in [5.41, 5.74) is 0. The molecule has 0 unspecified atom stereocenters. The third-order valence-electron chi connectivity index (χ3n) is 3.96. The van der Waals surface area contributed by atoms with Gasteiger partial charge in [0.1, 0.15) is 0 Å². The Bertz CT molecular complexity index is 298. The van der Waals surface area contributed by atoms with Gasteiger partial charge in [0, 0.05) is 45.9 Å². The number of hydrogen-bond donors (Lipinski definition) is 2. The first kappa shape index (κ1) is 22.9. The standard InChI is InChI=1S/C17H36N4O.HI/c1-4-6-7-8-11-19-17(18-5-2)20-12-13-21(14-15-22-3)16-9-10-16;/h16H,4-15H2,1-3H3,(H2,18,19,20);1H. The second-order valence-electron chi connectivity index (χ2n) is 6.01. The lowest BCUT2D eigenvalue weighted by atomic mass is 10.2. The molecule has 1 saturated carbocycles. The molecule has 138 valence electrons. The Balaban J connectivity index is 0.00000484. The van der Waals surface area contributed by atoms with Crippen LogP contribution in [0, 0.1) is 0 Å². The fraction of sp³-hybridized carbons (Fsp3) is 0.941. The van der Waals surface area contributed by atoms with Gasteiger partial charge in [-0.15, -0.1) is 24.0 Å². The van der Waals surface area contributed by atoms with Crippen LogP contribution >= 0.6 is 24.0 Å². The van der Waals surface area contributed by atoms with E-state index in [9.17, 15) is 0 Å². The van der Waals surface area contributed by atoms with Crippen molar-refractivity contribution in [1.82, 2.24) is 15.5 Å². The quantitative estimate of drug-likeness (QED) is 0.200. The van der Waals surface area contributed by atoms with E-state index in [0.29, 0.717) is 0 Å². The van der Waals surface area contributed by atoms with Crippen molar-refractivity contribution in [3.8, 4) is 0 Å². The van der Waals surface area contributed by atoms with Gasteiger partial charge in [-0.05, 0) is 26.2 Å². The van der Waals surface area contributed by atoms with Gasteiger partial charge in [0.2, 0.25) is 0 Å². The molecule has 1 aliphatic carbocycles. The summed E-state index contributed by atoms with van der Waals surface area (Å²) in [5.74, 6) is 0.960. The summed E-state index contributed by atoms with van der Waals surface area (Å²) in [6.45, 7) is 10.1. The molecular formula is C17H37IN4O. The molecule has 1 aliphatic rings. The topological polar surface area (TPSA) is 48.9 Å². The average molecular weight is 440 g/mol. The van der Waals surface area contributed by atoms with E-state index in [1.54, 1.807) is 7.11 Å². The summed E-state index contributed by atoms with van der Waals surface area (Å²) in [5, 5.41) is 6.79. The first-order valence-electron chi connectivity index (χ1n) is 9.07. The van der Waals surface area contributed by atoms with Gasteiger partial charge in [-0.25, -0.2) is 0 Å². The molecule has 0 saturated heterocycles. The molecule has 0 bridgehead atoms. The summed E-state index contributed by atoms with van der Waals surface area (Å²) in [7, 11) is 1.78. The third kappa shape index (κ3) is 12.0. The number of methoxy groups -OCH3 is 1. The minimum Gasteiger partial charge on any atom is -0.383 e. The van der Waals surface area contributed by atoms with Crippen molar-refractivity contribution in [1.29, 1.82) is 0 Å². The van der Waals surface area contributed by atoms with Crippen molar-refractivity contribution < 1.29 is 4.74 Å². The number of unbranched alkanes of at least 4 members (excludes halogenated alkanes) is 3. The van der Waals surface area contributed by atoms with E-state index in [2.05, 4.69) is 34.4 Å². The lowest BCUT2D eigenvalue weighted by molar-refractivity contribution is 0.144. The zero-order chi connectivity index (χ0) is 16.0. The van der Waals surface area contributed by atoms with Gasteiger partial charge in [-0.3, -0.25) is 9.89 Å². The third-order valence-corrected chi connectivity index (χ3v) is 3.96. The molecule has 23 heavy (non-hydrogen) atoms. The SMILES string of the molecule is CCCCCCN=C(NCC)NCCN(CCOC)C1CC1.I. The van der Waals surface area contributed by atoms with Crippen molar-refractivity contribution in [2.24, 2.45) is 4.99 Å². The maximum Gasteiger partial charge on any atom is 0.191 e. The van der Waals surface area contributed by atoms with Crippen molar-refractivity contribution in [3.63, 3.8) is 0 Å². The van der Waals surface area contributed by atoms with E-state index in [0.717, 1.165) is 51.3 Å². The number of halogens is 1. The van der Waals surface area contributed by atoms with Crippen LogP contribution in [-0.2, 0) is 4.74 Å². The van der Waals surface area contributed by atoms with Crippen LogP contribution in [0.2, 0.25) is 0 Å². The second-order valence-corrected chi connectivity index (χ2v) is 6.01. The average Bonchev–Trinajstić information content (AvgIpc) is 3.35. The fourth-order valence-corrected chi connectivity index (χ4v) is 2.51. The van der Waals surface area contributed by atoms with Gasteiger partial charge in [0.05, 0.1) is 6.61 Å². The van der Waals surface area contributed by atoms with Crippen LogP contribution in [-0.4, -0.2) is 63.3 Å². The van der Waals surface area contributed by atoms with Crippen LogP contribution in [0.25, 0.3) is 0 Å². The highest BCUT2D eigenvalue weighted by Gasteiger charge is 2.28. The van der Waals surface area contributed by atoms with E-state index in [-0.39, 0.29) is 24.0 Å². The molecule has 0 radical (unpaired) electrons. The first-order chi connectivity index (χ1) is 10.8.